The molecule has 0 saturated heterocycles. The van der Waals surface area contributed by atoms with Gasteiger partial charge >= 0.3 is 0 Å². The lowest BCUT2D eigenvalue weighted by atomic mass is 9.62. The molecule has 4 rings (SSSR count). The summed E-state index contributed by atoms with van der Waals surface area (Å²) in [6.07, 6.45) is 7.37. The van der Waals surface area contributed by atoms with Crippen LogP contribution < -0.4 is 9.47 Å². The minimum Gasteiger partial charge on any atom is -0.493 e. The van der Waals surface area contributed by atoms with E-state index in [2.05, 4.69) is 30.3 Å². The Bertz CT molecular complexity index is 580. The van der Waals surface area contributed by atoms with E-state index in [1.807, 2.05) is 6.07 Å². The zero-order chi connectivity index (χ0) is 13.7. The lowest BCUT2D eigenvalue weighted by molar-refractivity contribution is 0.111. The average Bonchev–Trinajstić information content (AvgIpc) is 2.80. The Balaban J connectivity index is 1.92. The Hall–Kier alpha value is -1.64. The summed E-state index contributed by atoms with van der Waals surface area (Å²) in [6.45, 7) is 1.10. The van der Waals surface area contributed by atoms with Gasteiger partial charge < -0.3 is 14.4 Å². The maximum absolute atomic E-state index is 6.34. The highest BCUT2D eigenvalue weighted by Crippen LogP contribution is 2.58. The number of para-hydroxylation sites is 1. The maximum Gasteiger partial charge on any atom is 0.165 e. The second-order valence-electron chi connectivity index (χ2n) is 6.19. The minimum absolute atomic E-state index is 0.106. The molecule has 2 heterocycles. The fraction of sp³-hybridized carbons (Fsp3) is 0.529. The Labute approximate surface area is 120 Å². The van der Waals surface area contributed by atoms with Crippen molar-refractivity contribution in [3.05, 3.63) is 35.5 Å². The van der Waals surface area contributed by atoms with Crippen LogP contribution in [0.1, 0.15) is 31.2 Å². The van der Waals surface area contributed by atoms with Crippen LogP contribution >= 0.6 is 0 Å². The second kappa shape index (κ2) is 4.18. The molecular weight excluding hydrogens is 250 g/mol. The average molecular weight is 271 g/mol. The van der Waals surface area contributed by atoms with E-state index in [0.717, 1.165) is 30.9 Å². The smallest absolute Gasteiger partial charge is 0.165 e. The molecule has 1 aromatic carbocycles. The molecule has 0 aromatic heterocycles. The molecule has 1 spiro atoms. The Morgan fingerprint density at radius 1 is 1.40 bits per heavy atom. The Morgan fingerprint density at radius 2 is 2.30 bits per heavy atom. The zero-order valence-corrected chi connectivity index (χ0v) is 12.2. The fourth-order valence-corrected chi connectivity index (χ4v) is 4.27. The van der Waals surface area contributed by atoms with Crippen molar-refractivity contribution in [2.24, 2.45) is 0 Å². The first-order valence-electron chi connectivity index (χ1n) is 7.51. The highest BCUT2D eigenvalue weighted by atomic mass is 16.5. The van der Waals surface area contributed by atoms with Crippen LogP contribution in [-0.2, 0) is 5.41 Å². The standard InChI is InChI=1S/C17H21NO2/c1-18-10-9-17-12(11-18)5-3-8-15(17)20-16-13(17)6-4-7-14(16)19-2/h4,6-7,11,15H,3,5,8-10H2,1-2H3/t15-,17+/m0/s1. The first-order chi connectivity index (χ1) is 9.75. The molecule has 0 N–H and O–H groups in total. The van der Waals surface area contributed by atoms with Crippen molar-refractivity contribution >= 4 is 0 Å². The number of nitrogens with zero attached hydrogens (tertiary/aromatic N) is 1. The van der Waals surface area contributed by atoms with Gasteiger partial charge in [-0.2, -0.15) is 0 Å². The SMILES string of the molecule is COc1cccc2c1O[C@H]1CCCC3=CN(C)CC[C@@]321. The van der Waals surface area contributed by atoms with Gasteiger partial charge in [-0.25, -0.2) is 0 Å². The predicted molar refractivity (Wildman–Crippen MR) is 78.3 cm³/mol. The van der Waals surface area contributed by atoms with Crippen molar-refractivity contribution in [3.63, 3.8) is 0 Å². The van der Waals surface area contributed by atoms with Crippen LogP contribution in [0.5, 0.6) is 11.5 Å². The summed E-state index contributed by atoms with van der Waals surface area (Å²) < 4.78 is 11.8. The van der Waals surface area contributed by atoms with Crippen molar-refractivity contribution in [1.29, 1.82) is 0 Å². The van der Waals surface area contributed by atoms with E-state index in [0.29, 0.717) is 6.10 Å². The molecular formula is C17H21NO2. The number of hydrogen-bond donors (Lipinski definition) is 0. The van der Waals surface area contributed by atoms with E-state index >= 15 is 0 Å². The van der Waals surface area contributed by atoms with Crippen LogP contribution in [0.3, 0.4) is 0 Å². The van der Waals surface area contributed by atoms with Crippen molar-refractivity contribution in [3.8, 4) is 11.5 Å². The summed E-state index contributed by atoms with van der Waals surface area (Å²) in [5.41, 5.74) is 3.00. The highest BCUT2D eigenvalue weighted by Gasteiger charge is 2.54. The molecule has 20 heavy (non-hydrogen) atoms. The summed E-state index contributed by atoms with van der Waals surface area (Å²) in [5, 5.41) is 0. The normalized spacial score (nSPS) is 30.8. The number of fused-ring (bicyclic) bond motifs is 1. The molecule has 0 bridgehead atoms. The van der Waals surface area contributed by atoms with E-state index in [4.69, 9.17) is 9.47 Å². The molecule has 1 saturated carbocycles. The highest BCUT2D eigenvalue weighted by molar-refractivity contribution is 5.58. The molecule has 3 nitrogen and oxygen atoms in total. The van der Waals surface area contributed by atoms with Crippen molar-refractivity contribution in [2.45, 2.75) is 37.2 Å². The molecule has 2 aliphatic heterocycles. The minimum atomic E-state index is 0.106. The van der Waals surface area contributed by atoms with Crippen LogP contribution in [0.25, 0.3) is 0 Å². The van der Waals surface area contributed by atoms with Gasteiger partial charge in [-0.05, 0) is 43.5 Å². The van der Waals surface area contributed by atoms with Gasteiger partial charge in [0.15, 0.2) is 11.5 Å². The quantitative estimate of drug-likeness (QED) is 0.783. The molecule has 2 atom stereocenters. The summed E-state index contributed by atoms with van der Waals surface area (Å²) in [7, 11) is 3.90. The number of rotatable bonds is 1. The molecule has 0 unspecified atom stereocenters. The lowest BCUT2D eigenvalue weighted by Gasteiger charge is -2.45. The summed E-state index contributed by atoms with van der Waals surface area (Å²) >= 11 is 0. The van der Waals surface area contributed by atoms with Crippen LogP contribution in [-0.4, -0.2) is 31.7 Å². The second-order valence-corrected chi connectivity index (χ2v) is 6.19. The van der Waals surface area contributed by atoms with Crippen LogP contribution in [0.2, 0.25) is 0 Å². The third-order valence-corrected chi connectivity index (χ3v) is 5.21. The van der Waals surface area contributed by atoms with Crippen molar-refractivity contribution < 1.29 is 9.47 Å². The molecule has 1 aromatic rings. The Kier molecular flexibility index (Phi) is 2.53. The molecule has 1 fully saturated rings. The molecule has 1 aliphatic carbocycles. The summed E-state index contributed by atoms with van der Waals surface area (Å²) in [6, 6.07) is 6.34. The van der Waals surface area contributed by atoms with Gasteiger partial charge in [-0.1, -0.05) is 12.1 Å². The van der Waals surface area contributed by atoms with Gasteiger partial charge in [0.05, 0.1) is 12.5 Å². The van der Waals surface area contributed by atoms with Gasteiger partial charge in [0.25, 0.3) is 0 Å². The summed E-state index contributed by atoms with van der Waals surface area (Å²) in [5.74, 6) is 1.86. The molecule has 3 heteroatoms. The van der Waals surface area contributed by atoms with Crippen LogP contribution in [0.15, 0.2) is 30.0 Å². The van der Waals surface area contributed by atoms with Gasteiger partial charge in [0.1, 0.15) is 6.10 Å². The topological polar surface area (TPSA) is 21.7 Å². The van der Waals surface area contributed by atoms with E-state index < -0.39 is 0 Å². The van der Waals surface area contributed by atoms with Gasteiger partial charge in [0, 0.05) is 19.2 Å². The van der Waals surface area contributed by atoms with Crippen LogP contribution in [0, 0.1) is 0 Å². The van der Waals surface area contributed by atoms with E-state index in [1.54, 1.807) is 12.7 Å². The number of methoxy groups -OCH3 is 1. The number of hydrogen-bond acceptors (Lipinski definition) is 3. The number of ether oxygens (including phenoxy) is 2. The monoisotopic (exact) mass is 271 g/mol. The molecule has 106 valence electrons. The lowest BCUT2D eigenvalue weighted by Crippen LogP contribution is -2.47. The first kappa shape index (κ1) is 12.1. The zero-order valence-electron chi connectivity index (χ0n) is 12.2. The largest absolute Gasteiger partial charge is 0.493 e. The van der Waals surface area contributed by atoms with E-state index in [-0.39, 0.29) is 5.41 Å². The number of benzene rings is 1. The third-order valence-electron chi connectivity index (χ3n) is 5.21. The van der Waals surface area contributed by atoms with Crippen molar-refractivity contribution in [2.75, 3.05) is 20.7 Å². The van der Waals surface area contributed by atoms with Gasteiger partial charge in [0.2, 0.25) is 0 Å². The molecule has 3 aliphatic rings. The predicted octanol–water partition coefficient (Wildman–Crippen LogP) is 3.10. The van der Waals surface area contributed by atoms with E-state index in [1.165, 1.54) is 18.4 Å². The Morgan fingerprint density at radius 3 is 3.15 bits per heavy atom. The first-order valence-corrected chi connectivity index (χ1v) is 7.51. The third kappa shape index (κ3) is 1.41. The van der Waals surface area contributed by atoms with Crippen molar-refractivity contribution in [1.82, 2.24) is 4.90 Å². The van der Waals surface area contributed by atoms with Gasteiger partial charge in [-0.15, -0.1) is 0 Å². The molecule has 0 amide bonds. The van der Waals surface area contributed by atoms with Gasteiger partial charge in [-0.3, -0.25) is 0 Å². The fourth-order valence-electron chi connectivity index (χ4n) is 4.27. The van der Waals surface area contributed by atoms with E-state index in [9.17, 15) is 0 Å². The summed E-state index contributed by atoms with van der Waals surface area (Å²) in [4.78, 5) is 2.32. The maximum atomic E-state index is 6.34. The van der Waals surface area contributed by atoms with Crippen LogP contribution in [0.4, 0.5) is 0 Å². The molecule has 0 radical (unpaired) electrons.